The van der Waals surface area contributed by atoms with Crippen molar-refractivity contribution in [3.63, 3.8) is 0 Å². The zero-order chi connectivity index (χ0) is 18.7. The van der Waals surface area contributed by atoms with Crippen LogP contribution in [0.3, 0.4) is 0 Å². The first-order valence-electron chi connectivity index (χ1n) is 8.81. The van der Waals surface area contributed by atoms with Crippen molar-refractivity contribution in [3.8, 4) is 5.75 Å². The predicted octanol–water partition coefficient (Wildman–Crippen LogP) is 3.48. The van der Waals surface area contributed by atoms with Crippen LogP contribution in [-0.4, -0.2) is 54.9 Å². The van der Waals surface area contributed by atoms with E-state index in [4.69, 9.17) is 4.74 Å². The maximum atomic E-state index is 13.0. The molecule has 6 heteroatoms. The smallest absolute Gasteiger partial charge is 0.264 e. The summed E-state index contributed by atoms with van der Waals surface area (Å²) in [4.78, 5) is 29.8. The monoisotopic (exact) mass is 372 g/mol. The molecule has 0 saturated carbocycles. The molecule has 1 aliphatic heterocycles. The second-order valence-electron chi connectivity index (χ2n) is 6.68. The van der Waals surface area contributed by atoms with E-state index in [2.05, 4.69) is 13.8 Å². The van der Waals surface area contributed by atoms with Crippen molar-refractivity contribution in [2.75, 3.05) is 33.3 Å². The molecule has 1 aliphatic rings. The van der Waals surface area contributed by atoms with Gasteiger partial charge in [-0.05, 0) is 35.1 Å². The van der Waals surface area contributed by atoms with Gasteiger partial charge >= 0.3 is 0 Å². The number of carbonyl (C=O) groups excluding carboxylic acids is 2. The first-order valence-corrected chi connectivity index (χ1v) is 9.69. The Bertz CT molecular complexity index is 778. The number of benzene rings is 1. The molecule has 0 bridgehead atoms. The maximum absolute atomic E-state index is 13.0. The van der Waals surface area contributed by atoms with Crippen LogP contribution in [-0.2, 0) is 0 Å². The van der Waals surface area contributed by atoms with Crippen molar-refractivity contribution in [3.05, 3.63) is 51.7 Å². The molecule has 0 N–H and O–H groups in total. The van der Waals surface area contributed by atoms with Gasteiger partial charge < -0.3 is 14.5 Å². The Kier molecular flexibility index (Phi) is 5.61. The predicted molar refractivity (Wildman–Crippen MR) is 103 cm³/mol. The van der Waals surface area contributed by atoms with Crippen LogP contribution in [0.2, 0.25) is 0 Å². The van der Waals surface area contributed by atoms with Crippen LogP contribution >= 0.6 is 11.3 Å². The number of amides is 2. The second-order valence-corrected chi connectivity index (χ2v) is 7.62. The number of nitrogens with zero attached hydrogens (tertiary/aromatic N) is 2. The van der Waals surface area contributed by atoms with Crippen molar-refractivity contribution in [1.82, 2.24) is 9.80 Å². The van der Waals surface area contributed by atoms with Crippen molar-refractivity contribution in [2.45, 2.75) is 19.8 Å². The molecule has 5 nitrogen and oxygen atoms in total. The minimum atomic E-state index is -0.0347. The van der Waals surface area contributed by atoms with E-state index in [0.717, 1.165) is 10.4 Å². The summed E-state index contributed by atoms with van der Waals surface area (Å²) in [6.07, 6.45) is 0. The molecule has 0 atom stereocenters. The molecular weight excluding hydrogens is 348 g/mol. The fourth-order valence-electron chi connectivity index (χ4n) is 3.09. The number of hydrogen-bond donors (Lipinski definition) is 0. The van der Waals surface area contributed by atoms with Crippen LogP contribution in [0.4, 0.5) is 0 Å². The molecule has 0 spiro atoms. The number of thiophene rings is 1. The highest BCUT2D eigenvalue weighted by Crippen LogP contribution is 2.26. The Labute approximate surface area is 158 Å². The summed E-state index contributed by atoms with van der Waals surface area (Å²) in [7, 11) is 1.58. The normalized spacial score (nSPS) is 14.6. The highest BCUT2D eigenvalue weighted by atomic mass is 32.1. The third-order valence-corrected chi connectivity index (χ3v) is 5.56. The lowest BCUT2D eigenvalue weighted by Crippen LogP contribution is -2.50. The Hall–Kier alpha value is -2.34. The first-order chi connectivity index (χ1) is 12.5. The van der Waals surface area contributed by atoms with Gasteiger partial charge in [0.05, 0.1) is 17.6 Å². The molecule has 3 rings (SSSR count). The minimum absolute atomic E-state index is 0.0347. The van der Waals surface area contributed by atoms with Crippen LogP contribution in [0, 0.1) is 0 Å². The van der Waals surface area contributed by atoms with E-state index in [1.165, 1.54) is 11.3 Å². The largest absolute Gasteiger partial charge is 0.496 e. The Balaban J connectivity index is 1.70. The first kappa shape index (κ1) is 18.5. The van der Waals surface area contributed by atoms with Crippen molar-refractivity contribution in [1.29, 1.82) is 0 Å². The number of carbonyl (C=O) groups is 2. The Morgan fingerprint density at radius 3 is 2.23 bits per heavy atom. The molecule has 26 heavy (non-hydrogen) atoms. The van der Waals surface area contributed by atoms with Crippen LogP contribution in [0.15, 0.2) is 35.7 Å². The fourth-order valence-corrected chi connectivity index (χ4v) is 3.78. The van der Waals surface area contributed by atoms with Gasteiger partial charge in [0.15, 0.2) is 0 Å². The van der Waals surface area contributed by atoms with E-state index in [9.17, 15) is 9.59 Å². The van der Waals surface area contributed by atoms with E-state index in [-0.39, 0.29) is 11.8 Å². The molecule has 1 aromatic heterocycles. The van der Waals surface area contributed by atoms with Gasteiger partial charge in [0, 0.05) is 26.2 Å². The number of hydrogen-bond acceptors (Lipinski definition) is 4. The quantitative estimate of drug-likeness (QED) is 0.826. The van der Waals surface area contributed by atoms with Crippen LogP contribution < -0.4 is 4.74 Å². The summed E-state index contributed by atoms with van der Waals surface area (Å²) < 4.78 is 5.39. The molecule has 0 unspecified atom stereocenters. The number of piperazine rings is 1. The molecular formula is C20H24N2O3S. The summed E-state index contributed by atoms with van der Waals surface area (Å²) in [5.74, 6) is 0.947. The summed E-state index contributed by atoms with van der Waals surface area (Å²) in [6, 6.07) is 9.50. The van der Waals surface area contributed by atoms with Gasteiger partial charge in [-0.15, -0.1) is 11.3 Å². The molecule has 138 valence electrons. The van der Waals surface area contributed by atoms with Crippen LogP contribution in [0.5, 0.6) is 5.75 Å². The van der Waals surface area contributed by atoms with Crippen molar-refractivity contribution in [2.24, 2.45) is 0 Å². The van der Waals surface area contributed by atoms with Crippen molar-refractivity contribution >= 4 is 23.2 Å². The summed E-state index contributed by atoms with van der Waals surface area (Å²) in [5.41, 5.74) is 1.71. The zero-order valence-corrected chi connectivity index (χ0v) is 16.2. The third-order valence-electron chi connectivity index (χ3n) is 4.71. The van der Waals surface area contributed by atoms with E-state index in [1.54, 1.807) is 12.0 Å². The Morgan fingerprint density at radius 2 is 1.69 bits per heavy atom. The maximum Gasteiger partial charge on any atom is 0.264 e. The van der Waals surface area contributed by atoms with Crippen LogP contribution in [0.25, 0.3) is 0 Å². The lowest BCUT2D eigenvalue weighted by molar-refractivity contribution is 0.0536. The number of methoxy groups -OCH3 is 1. The SMILES string of the molecule is COc1ccc(C(C)C)cc1C(=O)N1CCN(C(=O)c2cccs2)CC1. The van der Waals surface area contributed by atoms with E-state index in [1.807, 2.05) is 40.6 Å². The lowest BCUT2D eigenvalue weighted by Gasteiger charge is -2.35. The molecule has 1 aromatic carbocycles. The second kappa shape index (κ2) is 7.91. The minimum Gasteiger partial charge on any atom is -0.496 e. The standard InChI is InChI=1S/C20H24N2O3S/c1-14(2)15-6-7-17(25-3)16(13-15)19(23)21-8-10-22(11-9-21)20(24)18-5-4-12-26-18/h4-7,12-14H,8-11H2,1-3H3. The number of ether oxygens (including phenoxy) is 1. The summed E-state index contributed by atoms with van der Waals surface area (Å²) in [6.45, 7) is 6.37. The highest BCUT2D eigenvalue weighted by molar-refractivity contribution is 7.12. The van der Waals surface area contributed by atoms with E-state index < -0.39 is 0 Å². The number of rotatable bonds is 4. The fraction of sp³-hybridized carbons (Fsp3) is 0.400. The molecule has 2 amide bonds. The third kappa shape index (κ3) is 3.75. The van der Waals surface area contributed by atoms with Gasteiger partial charge in [-0.25, -0.2) is 0 Å². The van der Waals surface area contributed by atoms with Gasteiger partial charge in [0.1, 0.15) is 5.75 Å². The summed E-state index contributed by atoms with van der Waals surface area (Å²) >= 11 is 1.45. The van der Waals surface area contributed by atoms with Gasteiger partial charge in [0.2, 0.25) is 0 Å². The zero-order valence-electron chi connectivity index (χ0n) is 15.4. The average molecular weight is 372 g/mol. The molecule has 1 saturated heterocycles. The molecule has 0 aliphatic carbocycles. The molecule has 2 aromatic rings. The van der Waals surface area contributed by atoms with Gasteiger partial charge in [-0.3, -0.25) is 9.59 Å². The summed E-state index contributed by atoms with van der Waals surface area (Å²) in [5, 5.41) is 1.90. The van der Waals surface area contributed by atoms with Gasteiger partial charge in [0.25, 0.3) is 11.8 Å². The lowest BCUT2D eigenvalue weighted by atomic mass is 9.99. The van der Waals surface area contributed by atoms with Gasteiger partial charge in [-0.1, -0.05) is 26.0 Å². The molecule has 2 heterocycles. The van der Waals surface area contributed by atoms with Crippen LogP contribution in [0.1, 0.15) is 45.4 Å². The highest BCUT2D eigenvalue weighted by Gasteiger charge is 2.27. The topological polar surface area (TPSA) is 49.9 Å². The Morgan fingerprint density at radius 1 is 1.04 bits per heavy atom. The van der Waals surface area contributed by atoms with Crippen molar-refractivity contribution < 1.29 is 14.3 Å². The average Bonchev–Trinajstić information content (AvgIpc) is 3.21. The van der Waals surface area contributed by atoms with E-state index >= 15 is 0 Å². The molecule has 1 fully saturated rings. The van der Waals surface area contributed by atoms with Gasteiger partial charge in [-0.2, -0.15) is 0 Å². The molecule has 0 radical (unpaired) electrons. The van der Waals surface area contributed by atoms with E-state index in [0.29, 0.717) is 43.4 Å².